The average Bonchev–Trinajstić information content (AvgIpc) is 2.62. The Balaban J connectivity index is 3.55. The average molecular weight is 358 g/mol. The van der Waals surface area contributed by atoms with Gasteiger partial charge in [-0.2, -0.15) is 0 Å². The van der Waals surface area contributed by atoms with E-state index in [2.05, 4.69) is 6.92 Å². The van der Waals surface area contributed by atoms with E-state index in [9.17, 15) is 9.59 Å². The van der Waals surface area contributed by atoms with E-state index in [1.807, 2.05) is 13.8 Å². The van der Waals surface area contributed by atoms with Gasteiger partial charge in [0, 0.05) is 6.54 Å². The third-order valence-corrected chi connectivity index (χ3v) is 4.15. The van der Waals surface area contributed by atoms with Gasteiger partial charge in [-0.1, -0.05) is 71.6 Å². The maximum absolute atomic E-state index is 11.8. The first-order valence-electron chi connectivity index (χ1n) is 10.2. The van der Waals surface area contributed by atoms with Crippen molar-refractivity contribution in [1.29, 1.82) is 0 Å². The predicted octanol–water partition coefficient (Wildman–Crippen LogP) is 5.32. The van der Waals surface area contributed by atoms with Gasteiger partial charge < -0.3 is 9.47 Å². The molecule has 1 amide bonds. The topological polar surface area (TPSA) is 55.8 Å². The van der Waals surface area contributed by atoms with Crippen LogP contribution in [0.25, 0.3) is 0 Å². The van der Waals surface area contributed by atoms with E-state index in [1.165, 1.54) is 56.3 Å². The Hall–Kier alpha value is -1.26. The fourth-order valence-electron chi connectivity index (χ4n) is 2.56. The number of nitrogens with zero attached hydrogens (tertiary/aromatic N) is 1. The van der Waals surface area contributed by atoms with E-state index in [0.717, 1.165) is 19.3 Å². The Morgan fingerprint density at radius 2 is 1.24 bits per heavy atom. The second-order valence-corrected chi connectivity index (χ2v) is 6.53. The van der Waals surface area contributed by atoms with Gasteiger partial charge in [-0.05, 0) is 19.8 Å². The van der Waals surface area contributed by atoms with Gasteiger partial charge in [-0.3, -0.25) is 9.69 Å². The van der Waals surface area contributed by atoms with Crippen LogP contribution in [0.4, 0.5) is 4.79 Å². The van der Waals surface area contributed by atoms with Gasteiger partial charge in [0.05, 0.1) is 13.2 Å². The zero-order chi connectivity index (χ0) is 18.8. The van der Waals surface area contributed by atoms with Crippen molar-refractivity contribution in [2.45, 2.75) is 91.4 Å². The van der Waals surface area contributed by atoms with Crippen molar-refractivity contribution in [3.05, 3.63) is 0 Å². The number of rotatable bonds is 16. The van der Waals surface area contributed by atoms with E-state index < -0.39 is 6.09 Å². The largest absolute Gasteiger partial charge is 0.464 e. The van der Waals surface area contributed by atoms with Crippen molar-refractivity contribution >= 4 is 12.1 Å². The van der Waals surface area contributed by atoms with Gasteiger partial charge >= 0.3 is 12.1 Å². The summed E-state index contributed by atoms with van der Waals surface area (Å²) in [5.41, 5.74) is 0. The molecule has 0 N–H and O–H groups in total. The molecule has 0 aromatic heterocycles. The number of unbranched alkanes of at least 4 members (excludes halogenated alkanes) is 9. The Morgan fingerprint density at radius 1 is 0.680 bits per heavy atom. The van der Waals surface area contributed by atoms with Crippen molar-refractivity contribution in [1.82, 2.24) is 4.90 Å². The molecule has 0 bridgehead atoms. The summed E-state index contributed by atoms with van der Waals surface area (Å²) in [6, 6.07) is 0. The molecule has 148 valence electrons. The normalized spacial score (nSPS) is 10.5. The Kier molecular flexibility index (Phi) is 16.7. The maximum atomic E-state index is 11.8. The van der Waals surface area contributed by atoms with Crippen molar-refractivity contribution < 1.29 is 19.1 Å². The van der Waals surface area contributed by atoms with Gasteiger partial charge in [-0.15, -0.1) is 0 Å². The summed E-state index contributed by atoms with van der Waals surface area (Å²) in [5, 5.41) is 0. The first-order valence-corrected chi connectivity index (χ1v) is 10.2. The molecule has 25 heavy (non-hydrogen) atoms. The van der Waals surface area contributed by atoms with Crippen molar-refractivity contribution in [3.8, 4) is 0 Å². The molecule has 0 unspecified atom stereocenters. The molecule has 0 spiro atoms. The molecule has 5 heteroatoms. The van der Waals surface area contributed by atoms with Crippen LogP contribution < -0.4 is 0 Å². The molecular weight excluding hydrogens is 318 g/mol. The van der Waals surface area contributed by atoms with Crippen LogP contribution >= 0.6 is 0 Å². The fraction of sp³-hybridized carbons (Fsp3) is 0.900. The second-order valence-electron chi connectivity index (χ2n) is 6.53. The minimum Gasteiger partial charge on any atom is -0.464 e. The standard InChI is InChI=1S/C20H39NO4/c1-4-7-8-9-10-11-12-13-14-15-17-24-19(22)18-21(6-3)20(23)25-16-5-2/h4-18H2,1-3H3. The van der Waals surface area contributed by atoms with Gasteiger partial charge in [0.1, 0.15) is 6.54 Å². The lowest BCUT2D eigenvalue weighted by Gasteiger charge is -2.19. The Labute approximate surface area is 154 Å². The van der Waals surface area contributed by atoms with E-state index in [1.54, 1.807) is 0 Å². The smallest absolute Gasteiger partial charge is 0.410 e. The predicted molar refractivity (Wildman–Crippen MR) is 102 cm³/mol. The highest BCUT2D eigenvalue weighted by atomic mass is 16.6. The van der Waals surface area contributed by atoms with Gasteiger partial charge in [0.2, 0.25) is 0 Å². The van der Waals surface area contributed by atoms with E-state index in [-0.39, 0.29) is 12.5 Å². The van der Waals surface area contributed by atoms with Crippen LogP contribution in [0.15, 0.2) is 0 Å². The van der Waals surface area contributed by atoms with Gasteiger partial charge in [0.25, 0.3) is 0 Å². The van der Waals surface area contributed by atoms with Gasteiger partial charge in [0.15, 0.2) is 0 Å². The molecule has 0 aliphatic carbocycles. The monoisotopic (exact) mass is 357 g/mol. The minimum absolute atomic E-state index is 0.0309. The summed E-state index contributed by atoms with van der Waals surface area (Å²) in [6.07, 6.45) is 12.8. The van der Waals surface area contributed by atoms with Crippen LogP contribution in [0.5, 0.6) is 0 Å². The van der Waals surface area contributed by atoms with Crippen LogP contribution in [-0.2, 0) is 14.3 Å². The lowest BCUT2D eigenvalue weighted by molar-refractivity contribution is -0.144. The summed E-state index contributed by atoms with van der Waals surface area (Å²) < 4.78 is 10.2. The number of likely N-dealkylation sites (N-methyl/N-ethyl adjacent to an activating group) is 1. The molecule has 0 radical (unpaired) electrons. The lowest BCUT2D eigenvalue weighted by Crippen LogP contribution is -2.36. The molecule has 5 nitrogen and oxygen atoms in total. The Morgan fingerprint density at radius 3 is 1.76 bits per heavy atom. The molecule has 0 aliphatic rings. The number of esters is 1. The highest BCUT2D eigenvalue weighted by Crippen LogP contribution is 2.10. The molecule has 0 aromatic carbocycles. The van der Waals surface area contributed by atoms with Crippen LogP contribution in [-0.4, -0.2) is 43.3 Å². The van der Waals surface area contributed by atoms with Crippen LogP contribution in [0, 0.1) is 0 Å². The highest BCUT2D eigenvalue weighted by Gasteiger charge is 2.17. The SMILES string of the molecule is CCCCCCCCCCCCOC(=O)CN(CC)C(=O)OCCC. The molecule has 0 atom stereocenters. The zero-order valence-corrected chi connectivity index (χ0v) is 16.7. The molecular formula is C20H39NO4. The number of carbonyl (C=O) groups excluding carboxylic acids is 2. The maximum Gasteiger partial charge on any atom is 0.410 e. The third-order valence-electron chi connectivity index (χ3n) is 4.15. The number of hydrogen-bond acceptors (Lipinski definition) is 4. The molecule has 0 fully saturated rings. The minimum atomic E-state index is -0.444. The molecule has 0 saturated carbocycles. The summed E-state index contributed by atoms with van der Waals surface area (Å²) >= 11 is 0. The summed E-state index contributed by atoms with van der Waals surface area (Å²) in [7, 11) is 0. The van der Waals surface area contributed by atoms with Crippen molar-refractivity contribution in [2.75, 3.05) is 26.3 Å². The first kappa shape index (κ1) is 23.7. The van der Waals surface area contributed by atoms with Gasteiger partial charge in [-0.25, -0.2) is 4.79 Å². The Bertz CT molecular complexity index is 334. The van der Waals surface area contributed by atoms with E-state index >= 15 is 0 Å². The number of ether oxygens (including phenoxy) is 2. The number of hydrogen-bond donors (Lipinski definition) is 0. The lowest BCUT2D eigenvalue weighted by atomic mass is 10.1. The summed E-state index contributed by atoms with van der Waals surface area (Å²) in [5.74, 6) is -0.355. The van der Waals surface area contributed by atoms with Crippen molar-refractivity contribution in [2.24, 2.45) is 0 Å². The molecule has 0 aliphatic heterocycles. The quantitative estimate of drug-likeness (QED) is 0.277. The van der Waals surface area contributed by atoms with Crippen LogP contribution in [0.1, 0.15) is 91.4 Å². The first-order chi connectivity index (χ1) is 12.2. The third kappa shape index (κ3) is 14.8. The summed E-state index contributed by atoms with van der Waals surface area (Å²) in [6.45, 7) is 7.23. The highest BCUT2D eigenvalue weighted by molar-refractivity contribution is 5.78. The summed E-state index contributed by atoms with van der Waals surface area (Å²) in [4.78, 5) is 24.9. The zero-order valence-electron chi connectivity index (χ0n) is 16.7. The van der Waals surface area contributed by atoms with E-state index in [4.69, 9.17) is 9.47 Å². The molecule has 0 aromatic rings. The fourth-order valence-corrected chi connectivity index (χ4v) is 2.56. The number of amides is 1. The van der Waals surface area contributed by atoms with Crippen LogP contribution in [0.3, 0.4) is 0 Å². The van der Waals surface area contributed by atoms with Crippen LogP contribution in [0.2, 0.25) is 0 Å². The number of carbonyl (C=O) groups is 2. The van der Waals surface area contributed by atoms with E-state index in [0.29, 0.717) is 19.8 Å². The second kappa shape index (κ2) is 17.6. The van der Waals surface area contributed by atoms with Crippen molar-refractivity contribution in [3.63, 3.8) is 0 Å². The molecule has 0 rings (SSSR count). The molecule has 0 saturated heterocycles. The molecule has 0 heterocycles.